The molecule has 0 N–H and O–H groups in total. The molecule has 1 aromatic carbocycles. The monoisotopic (exact) mass is 242 g/mol. The standard InChI is InChI=1S/C11H11ClO2S/c12-8-1-4-10(5-2-8)15(14)11-6-3-9(13)7-11/h1-2,4-5,11H,3,6-7H2. The van der Waals surface area contributed by atoms with Gasteiger partial charge in [0.15, 0.2) is 0 Å². The Morgan fingerprint density at radius 1 is 1.27 bits per heavy atom. The number of halogens is 1. The number of hydrogen-bond acceptors (Lipinski definition) is 2. The zero-order valence-corrected chi connectivity index (χ0v) is 9.68. The maximum absolute atomic E-state index is 12.0. The smallest absolute Gasteiger partial charge is 0.134 e. The molecule has 2 rings (SSSR count). The van der Waals surface area contributed by atoms with Crippen LogP contribution < -0.4 is 0 Å². The lowest BCUT2D eigenvalue weighted by atomic mass is 10.4. The predicted octanol–water partition coefficient (Wildman–Crippen LogP) is 2.57. The van der Waals surface area contributed by atoms with E-state index in [1.165, 1.54) is 0 Å². The van der Waals surface area contributed by atoms with Crippen molar-refractivity contribution in [2.45, 2.75) is 29.4 Å². The topological polar surface area (TPSA) is 34.1 Å². The minimum atomic E-state index is -1.07. The second-order valence-corrected chi connectivity index (χ2v) is 5.82. The molecular weight excluding hydrogens is 232 g/mol. The summed E-state index contributed by atoms with van der Waals surface area (Å²) in [5.41, 5.74) is 0. The lowest BCUT2D eigenvalue weighted by Crippen LogP contribution is -2.11. The number of carbonyl (C=O) groups is 1. The third kappa shape index (κ3) is 2.47. The molecule has 1 saturated carbocycles. The maximum atomic E-state index is 12.0. The highest BCUT2D eigenvalue weighted by Gasteiger charge is 2.27. The molecule has 1 fully saturated rings. The molecule has 0 radical (unpaired) electrons. The Hall–Kier alpha value is -0.670. The Balaban J connectivity index is 2.14. The van der Waals surface area contributed by atoms with Crippen molar-refractivity contribution in [2.24, 2.45) is 0 Å². The van der Waals surface area contributed by atoms with E-state index < -0.39 is 10.8 Å². The molecule has 1 aromatic rings. The van der Waals surface area contributed by atoms with Crippen LogP contribution in [0.2, 0.25) is 5.02 Å². The largest absolute Gasteiger partial charge is 0.300 e. The summed E-state index contributed by atoms with van der Waals surface area (Å²) in [6, 6.07) is 6.99. The highest BCUT2D eigenvalue weighted by atomic mass is 35.5. The van der Waals surface area contributed by atoms with Gasteiger partial charge in [0, 0.05) is 28.0 Å². The van der Waals surface area contributed by atoms with Crippen LogP contribution in [0.15, 0.2) is 29.2 Å². The third-order valence-corrected chi connectivity index (χ3v) is 4.55. The minimum Gasteiger partial charge on any atom is -0.300 e. The Kier molecular flexibility index (Phi) is 3.22. The number of rotatable bonds is 2. The van der Waals surface area contributed by atoms with Gasteiger partial charge < -0.3 is 0 Å². The normalized spacial score (nSPS) is 23.0. The number of benzene rings is 1. The average Bonchev–Trinajstić information content (AvgIpc) is 2.65. The van der Waals surface area contributed by atoms with Gasteiger partial charge in [-0.2, -0.15) is 0 Å². The second-order valence-electron chi connectivity index (χ2n) is 3.65. The minimum absolute atomic E-state index is 0.00123. The quantitative estimate of drug-likeness (QED) is 0.799. The Morgan fingerprint density at radius 3 is 2.47 bits per heavy atom. The summed E-state index contributed by atoms with van der Waals surface area (Å²) in [6.45, 7) is 0. The molecule has 2 nitrogen and oxygen atoms in total. The van der Waals surface area contributed by atoms with Crippen molar-refractivity contribution in [2.75, 3.05) is 0 Å². The average molecular weight is 243 g/mol. The third-order valence-electron chi connectivity index (χ3n) is 2.55. The van der Waals surface area contributed by atoms with E-state index in [0.29, 0.717) is 17.9 Å². The van der Waals surface area contributed by atoms with Gasteiger partial charge >= 0.3 is 0 Å². The van der Waals surface area contributed by atoms with E-state index >= 15 is 0 Å². The maximum Gasteiger partial charge on any atom is 0.134 e. The molecule has 0 spiro atoms. The van der Waals surface area contributed by atoms with Gasteiger partial charge in [-0.3, -0.25) is 9.00 Å². The molecule has 0 bridgehead atoms. The SMILES string of the molecule is O=C1CCC(S(=O)c2ccc(Cl)cc2)C1. The van der Waals surface area contributed by atoms with E-state index in [1.54, 1.807) is 24.3 Å². The summed E-state index contributed by atoms with van der Waals surface area (Å²) in [6.07, 6.45) is 1.77. The highest BCUT2D eigenvalue weighted by Crippen LogP contribution is 2.25. The van der Waals surface area contributed by atoms with Crippen LogP contribution in [0.25, 0.3) is 0 Å². The van der Waals surface area contributed by atoms with Gasteiger partial charge in [-0.05, 0) is 30.7 Å². The van der Waals surface area contributed by atoms with Gasteiger partial charge in [0.2, 0.25) is 0 Å². The number of ketones is 1. The van der Waals surface area contributed by atoms with Crippen LogP contribution in [-0.2, 0) is 15.6 Å². The van der Waals surface area contributed by atoms with Crippen LogP contribution in [0.4, 0.5) is 0 Å². The Bertz CT molecular complexity index is 400. The van der Waals surface area contributed by atoms with Crippen molar-refractivity contribution in [3.63, 3.8) is 0 Å². The second kappa shape index (κ2) is 4.45. The molecule has 0 aliphatic heterocycles. The van der Waals surface area contributed by atoms with Crippen molar-refractivity contribution in [3.8, 4) is 0 Å². The molecule has 0 saturated heterocycles. The van der Waals surface area contributed by atoms with E-state index in [4.69, 9.17) is 11.6 Å². The molecular formula is C11H11ClO2S. The first-order valence-electron chi connectivity index (χ1n) is 4.84. The van der Waals surface area contributed by atoms with Crippen molar-refractivity contribution in [1.82, 2.24) is 0 Å². The van der Waals surface area contributed by atoms with E-state index in [-0.39, 0.29) is 11.0 Å². The van der Waals surface area contributed by atoms with Crippen LogP contribution in [0.3, 0.4) is 0 Å². The van der Waals surface area contributed by atoms with Gasteiger partial charge in [0.1, 0.15) is 5.78 Å². The van der Waals surface area contributed by atoms with E-state index in [0.717, 1.165) is 11.3 Å². The lowest BCUT2D eigenvalue weighted by Gasteiger charge is -2.07. The number of carbonyl (C=O) groups excluding carboxylic acids is 1. The Morgan fingerprint density at radius 2 is 1.93 bits per heavy atom. The van der Waals surface area contributed by atoms with Gasteiger partial charge in [0.05, 0.1) is 10.8 Å². The van der Waals surface area contributed by atoms with Crippen LogP contribution in [0.1, 0.15) is 19.3 Å². The summed E-state index contributed by atoms with van der Waals surface area (Å²) in [4.78, 5) is 11.9. The van der Waals surface area contributed by atoms with Crippen molar-refractivity contribution in [3.05, 3.63) is 29.3 Å². The van der Waals surface area contributed by atoms with E-state index in [2.05, 4.69) is 0 Å². The molecule has 2 atom stereocenters. The van der Waals surface area contributed by atoms with Crippen LogP contribution in [-0.4, -0.2) is 15.2 Å². The van der Waals surface area contributed by atoms with Gasteiger partial charge in [-0.1, -0.05) is 11.6 Å². The molecule has 2 unspecified atom stereocenters. The molecule has 4 heteroatoms. The van der Waals surface area contributed by atoms with E-state index in [9.17, 15) is 9.00 Å². The number of Topliss-reactive ketones (excluding diaryl/α,β-unsaturated/α-hetero) is 1. The summed E-state index contributed by atoms with van der Waals surface area (Å²) < 4.78 is 12.0. The van der Waals surface area contributed by atoms with Crippen molar-refractivity contribution < 1.29 is 9.00 Å². The van der Waals surface area contributed by atoms with Crippen LogP contribution >= 0.6 is 11.6 Å². The summed E-state index contributed by atoms with van der Waals surface area (Å²) in [5.74, 6) is 0.224. The number of hydrogen-bond donors (Lipinski definition) is 0. The van der Waals surface area contributed by atoms with Gasteiger partial charge in [0.25, 0.3) is 0 Å². The fraction of sp³-hybridized carbons (Fsp3) is 0.364. The summed E-state index contributed by atoms with van der Waals surface area (Å²) >= 11 is 5.75. The zero-order chi connectivity index (χ0) is 10.8. The predicted molar refractivity (Wildman–Crippen MR) is 60.5 cm³/mol. The molecule has 80 valence electrons. The van der Waals surface area contributed by atoms with Crippen LogP contribution in [0.5, 0.6) is 0 Å². The fourth-order valence-corrected chi connectivity index (χ4v) is 3.31. The van der Waals surface area contributed by atoms with E-state index in [1.807, 2.05) is 0 Å². The lowest BCUT2D eigenvalue weighted by molar-refractivity contribution is -0.117. The molecule has 0 heterocycles. The highest BCUT2D eigenvalue weighted by molar-refractivity contribution is 7.85. The van der Waals surface area contributed by atoms with Gasteiger partial charge in [-0.15, -0.1) is 0 Å². The summed E-state index contributed by atoms with van der Waals surface area (Å²) in [5, 5.41) is 0.636. The van der Waals surface area contributed by atoms with Crippen molar-refractivity contribution >= 4 is 28.2 Å². The molecule has 1 aliphatic rings. The Labute approximate surface area is 96.1 Å². The molecule has 15 heavy (non-hydrogen) atoms. The molecule has 0 aromatic heterocycles. The molecule has 0 amide bonds. The van der Waals surface area contributed by atoms with Crippen LogP contribution in [0, 0.1) is 0 Å². The molecule has 1 aliphatic carbocycles. The first-order chi connectivity index (χ1) is 7.16. The summed E-state index contributed by atoms with van der Waals surface area (Å²) in [7, 11) is -1.07. The van der Waals surface area contributed by atoms with Crippen molar-refractivity contribution in [1.29, 1.82) is 0 Å². The zero-order valence-electron chi connectivity index (χ0n) is 8.11. The first kappa shape index (κ1) is 10.8. The first-order valence-corrected chi connectivity index (χ1v) is 6.44. The fourth-order valence-electron chi connectivity index (χ4n) is 1.72. The van der Waals surface area contributed by atoms with Gasteiger partial charge in [-0.25, -0.2) is 0 Å².